The molecule has 0 aliphatic carbocycles. The van der Waals surface area contributed by atoms with Crippen LogP contribution < -0.4 is 5.32 Å². The summed E-state index contributed by atoms with van der Waals surface area (Å²) in [6.45, 7) is 1.61. The molecule has 5 nitrogen and oxygen atoms in total. The Hall–Kier alpha value is -1.50. The topological polar surface area (TPSA) is 72.8 Å². The first-order valence-corrected chi connectivity index (χ1v) is 7.02. The molecule has 1 heterocycles. The molecule has 2 rings (SSSR count). The molecule has 1 amide bonds. The molecular weight excluding hydrogens is 275 g/mol. The van der Waals surface area contributed by atoms with Gasteiger partial charge >= 0.3 is 0 Å². The minimum absolute atomic E-state index is 0.0893. The van der Waals surface area contributed by atoms with Crippen molar-refractivity contribution in [1.82, 2.24) is 10.2 Å². The second kappa shape index (κ2) is 6.51. The maximum absolute atomic E-state index is 13.1. The van der Waals surface area contributed by atoms with Gasteiger partial charge in [-0.1, -0.05) is 12.1 Å². The number of piperidine rings is 1. The molecule has 0 aromatic heterocycles. The average Bonchev–Trinajstić information content (AvgIpc) is 2.47. The fourth-order valence-electron chi connectivity index (χ4n) is 2.39. The van der Waals surface area contributed by atoms with Crippen LogP contribution in [0, 0.1) is 5.82 Å². The molecule has 1 fully saturated rings. The Labute approximate surface area is 123 Å². The van der Waals surface area contributed by atoms with Crippen molar-refractivity contribution in [3.63, 3.8) is 0 Å². The normalized spacial score (nSPS) is 20.0. The number of benzene rings is 1. The van der Waals surface area contributed by atoms with Crippen molar-refractivity contribution in [2.45, 2.75) is 24.5 Å². The number of nitrogens with zero attached hydrogens (tertiary/aromatic N) is 1. The molecule has 0 bridgehead atoms. The first-order valence-electron chi connectivity index (χ1n) is 7.02. The van der Waals surface area contributed by atoms with Crippen LogP contribution >= 0.6 is 0 Å². The Morgan fingerprint density at radius 1 is 1.48 bits per heavy atom. The van der Waals surface area contributed by atoms with E-state index >= 15 is 0 Å². The third-order valence-electron chi connectivity index (χ3n) is 3.92. The predicted molar refractivity (Wildman–Crippen MR) is 76.1 cm³/mol. The molecule has 6 heteroatoms. The molecular formula is C15H21FN2O3. The van der Waals surface area contributed by atoms with E-state index in [2.05, 4.69) is 10.2 Å². The second-order valence-electron chi connectivity index (χ2n) is 5.70. The monoisotopic (exact) mass is 296 g/mol. The predicted octanol–water partition coefficient (Wildman–Crippen LogP) is 0.432. The van der Waals surface area contributed by atoms with Gasteiger partial charge in [0.05, 0.1) is 5.60 Å². The van der Waals surface area contributed by atoms with E-state index in [1.165, 1.54) is 18.2 Å². The van der Waals surface area contributed by atoms with Crippen LogP contribution in [-0.4, -0.2) is 53.3 Å². The van der Waals surface area contributed by atoms with Crippen molar-refractivity contribution < 1.29 is 19.4 Å². The van der Waals surface area contributed by atoms with Gasteiger partial charge in [-0.05, 0) is 37.6 Å². The van der Waals surface area contributed by atoms with Gasteiger partial charge in [0.1, 0.15) is 5.82 Å². The van der Waals surface area contributed by atoms with Crippen LogP contribution in [0.3, 0.4) is 0 Å². The van der Waals surface area contributed by atoms with E-state index in [4.69, 9.17) is 0 Å². The summed E-state index contributed by atoms with van der Waals surface area (Å²) < 4.78 is 13.1. The van der Waals surface area contributed by atoms with Gasteiger partial charge in [0.25, 0.3) is 5.91 Å². The molecule has 0 spiro atoms. The quantitative estimate of drug-likeness (QED) is 0.753. The Bertz CT molecular complexity index is 501. The largest absolute Gasteiger partial charge is 0.388 e. The summed E-state index contributed by atoms with van der Waals surface area (Å²) in [5.41, 5.74) is -0.744. The van der Waals surface area contributed by atoms with Gasteiger partial charge in [-0.25, -0.2) is 4.39 Å². The minimum Gasteiger partial charge on any atom is -0.388 e. The number of hydrogen-bond donors (Lipinski definition) is 3. The fourth-order valence-corrected chi connectivity index (χ4v) is 2.39. The van der Waals surface area contributed by atoms with E-state index < -0.39 is 23.4 Å². The lowest BCUT2D eigenvalue weighted by atomic mass is 9.91. The summed E-state index contributed by atoms with van der Waals surface area (Å²) in [5.74, 6) is -1.14. The summed E-state index contributed by atoms with van der Waals surface area (Å²) in [7, 11) is 1.98. The number of halogens is 1. The molecule has 0 saturated carbocycles. The zero-order valence-electron chi connectivity index (χ0n) is 12.1. The summed E-state index contributed by atoms with van der Waals surface area (Å²) in [6.07, 6.45) is -0.296. The van der Waals surface area contributed by atoms with Crippen molar-refractivity contribution in [3.05, 3.63) is 35.6 Å². The molecule has 3 N–H and O–H groups in total. The van der Waals surface area contributed by atoms with Crippen LogP contribution in [0.25, 0.3) is 0 Å². The molecule has 1 aliphatic heterocycles. The van der Waals surface area contributed by atoms with Gasteiger partial charge in [-0.3, -0.25) is 4.79 Å². The molecule has 1 aromatic rings. The summed E-state index contributed by atoms with van der Waals surface area (Å²) in [4.78, 5) is 14.0. The third kappa shape index (κ3) is 4.23. The SMILES string of the molecule is CN1CCC(O)(CNC(=O)[C@H](O)c2cccc(F)c2)CC1. The van der Waals surface area contributed by atoms with Crippen LogP contribution in [0.5, 0.6) is 0 Å². The number of carbonyl (C=O) groups excluding carboxylic acids is 1. The Kier molecular flexibility index (Phi) is 4.92. The van der Waals surface area contributed by atoms with E-state index in [9.17, 15) is 19.4 Å². The highest BCUT2D eigenvalue weighted by Gasteiger charge is 2.32. The van der Waals surface area contributed by atoms with E-state index in [1.54, 1.807) is 0 Å². The van der Waals surface area contributed by atoms with Crippen LogP contribution in [0.4, 0.5) is 4.39 Å². The maximum Gasteiger partial charge on any atom is 0.253 e. The van der Waals surface area contributed by atoms with Gasteiger partial charge in [-0.15, -0.1) is 0 Å². The molecule has 116 valence electrons. The van der Waals surface area contributed by atoms with Gasteiger partial charge in [0.15, 0.2) is 6.10 Å². The van der Waals surface area contributed by atoms with E-state index in [1.807, 2.05) is 7.05 Å². The first kappa shape index (κ1) is 15.9. The van der Waals surface area contributed by atoms with E-state index in [0.717, 1.165) is 19.2 Å². The Morgan fingerprint density at radius 2 is 2.14 bits per heavy atom. The lowest BCUT2D eigenvalue weighted by Crippen LogP contribution is -2.50. The van der Waals surface area contributed by atoms with Crippen molar-refractivity contribution >= 4 is 5.91 Å². The number of nitrogens with one attached hydrogen (secondary N) is 1. The Balaban J connectivity index is 1.89. The number of hydrogen-bond acceptors (Lipinski definition) is 4. The average molecular weight is 296 g/mol. The molecule has 21 heavy (non-hydrogen) atoms. The van der Waals surface area contributed by atoms with E-state index in [0.29, 0.717) is 12.8 Å². The van der Waals surface area contributed by atoms with Crippen LogP contribution in [0.1, 0.15) is 24.5 Å². The molecule has 1 saturated heterocycles. The van der Waals surface area contributed by atoms with Crippen molar-refractivity contribution in [2.75, 3.05) is 26.7 Å². The summed E-state index contributed by atoms with van der Waals surface area (Å²) >= 11 is 0. The van der Waals surface area contributed by atoms with Gasteiger partial charge in [0.2, 0.25) is 0 Å². The highest BCUT2D eigenvalue weighted by atomic mass is 19.1. The zero-order valence-corrected chi connectivity index (χ0v) is 12.1. The lowest BCUT2D eigenvalue weighted by Gasteiger charge is -2.36. The second-order valence-corrected chi connectivity index (χ2v) is 5.70. The standard InChI is InChI=1S/C15H21FN2O3/c1-18-7-5-15(21,6-8-18)10-17-14(20)13(19)11-3-2-4-12(16)9-11/h2-4,9,13,19,21H,5-8,10H2,1H3,(H,17,20)/t13-/m1/s1. The number of likely N-dealkylation sites (tertiary alicyclic amines) is 1. The van der Waals surface area contributed by atoms with Gasteiger partial charge in [-0.2, -0.15) is 0 Å². The first-order chi connectivity index (χ1) is 9.89. The van der Waals surface area contributed by atoms with Crippen LogP contribution in [-0.2, 0) is 4.79 Å². The highest BCUT2D eigenvalue weighted by Crippen LogP contribution is 2.21. The van der Waals surface area contributed by atoms with Crippen LogP contribution in [0.15, 0.2) is 24.3 Å². The van der Waals surface area contributed by atoms with Crippen molar-refractivity contribution in [1.29, 1.82) is 0 Å². The van der Waals surface area contributed by atoms with Crippen molar-refractivity contribution in [3.8, 4) is 0 Å². The van der Waals surface area contributed by atoms with Crippen molar-refractivity contribution in [2.24, 2.45) is 0 Å². The lowest BCUT2D eigenvalue weighted by molar-refractivity contribution is -0.131. The molecule has 0 unspecified atom stereocenters. The van der Waals surface area contributed by atoms with Gasteiger partial charge < -0.3 is 20.4 Å². The van der Waals surface area contributed by atoms with Gasteiger partial charge in [0, 0.05) is 19.6 Å². The number of amides is 1. The summed E-state index contributed by atoms with van der Waals surface area (Å²) in [6, 6.07) is 5.28. The molecule has 1 aromatic carbocycles. The molecule has 1 atom stereocenters. The number of aliphatic hydroxyl groups is 2. The highest BCUT2D eigenvalue weighted by molar-refractivity contribution is 5.81. The number of aliphatic hydroxyl groups excluding tert-OH is 1. The molecule has 1 aliphatic rings. The van der Waals surface area contributed by atoms with Crippen LogP contribution in [0.2, 0.25) is 0 Å². The zero-order chi connectivity index (χ0) is 15.5. The van der Waals surface area contributed by atoms with E-state index in [-0.39, 0.29) is 12.1 Å². The summed E-state index contributed by atoms with van der Waals surface area (Å²) in [5, 5.41) is 22.8. The Morgan fingerprint density at radius 3 is 2.76 bits per heavy atom. The molecule has 0 radical (unpaired) electrons. The number of carbonyl (C=O) groups is 1. The third-order valence-corrected chi connectivity index (χ3v) is 3.92. The minimum atomic E-state index is -1.43. The smallest absolute Gasteiger partial charge is 0.253 e. The maximum atomic E-state index is 13.1. The number of rotatable bonds is 4. The fraction of sp³-hybridized carbons (Fsp3) is 0.533.